The van der Waals surface area contributed by atoms with E-state index in [1.165, 1.54) is 18.2 Å². The third kappa shape index (κ3) is 2.41. The Kier molecular flexibility index (Phi) is 3.71. The van der Waals surface area contributed by atoms with E-state index in [-0.39, 0.29) is 20.8 Å². The molecule has 7 heteroatoms. The van der Waals surface area contributed by atoms with Gasteiger partial charge in [-0.15, -0.1) is 0 Å². The SMILES string of the molecule is Cc1ccc(S(=O)(=O)n2c(Cl)cc(C=O)c2Cl)cc1. The molecule has 0 spiro atoms. The Bertz CT molecular complexity index is 733. The number of nitrogens with zero attached hydrogens (tertiary/aromatic N) is 1. The Morgan fingerprint density at radius 3 is 2.21 bits per heavy atom. The first kappa shape index (κ1) is 14.1. The molecule has 0 aliphatic heterocycles. The molecule has 2 aromatic rings. The Labute approximate surface area is 120 Å². The smallest absolute Gasteiger partial charge is 0.270 e. The van der Waals surface area contributed by atoms with Crippen molar-refractivity contribution in [3.63, 3.8) is 0 Å². The van der Waals surface area contributed by atoms with E-state index in [1.54, 1.807) is 12.1 Å². The maximum atomic E-state index is 12.4. The van der Waals surface area contributed by atoms with E-state index in [9.17, 15) is 13.2 Å². The Hall–Kier alpha value is -1.30. The third-order valence-corrected chi connectivity index (χ3v) is 5.17. The number of carbonyl (C=O) groups excluding carboxylic acids is 1. The van der Waals surface area contributed by atoms with Gasteiger partial charge in [0.1, 0.15) is 10.3 Å². The fourth-order valence-electron chi connectivity index (χ4n) is 1.58. The molecule has 0 saturated heterocycles. The van der Waals surface area contributed by atoms with E-state index in [1.807, 2.05) is 6.92 Å². The summed E-state index contributed by atoms with van der Waals surface area (Å²) >= 11 is 11.7. The lowest BCUT2D eigenvalue weighted by Gasteiger charge is -2.08. The number of hydrogen-bond acceptors (Lipinski definition) is 3. The van der Waals surface area contributed by atoms with Crippen LogP contribution in [0.4, 0.5) is 0 Å². The molecule has 2 rings (SSSR count). The maximum Gasteiger partial charge on any atom is 0.270 e. The van der Waals surface area contributed by atoms with Crippen molar-refractivity contribution < 1.29 is 13.2 Å². The van der Waals surface area contributed by atoms with Crippen LogP contribution in [0.3, 0.4) is 0 Å². The second-order valence-corrected chi connectivity index (χ2v) is 6.45. The van der Waals surface area contributed by atoms with Crippen molar-refractivity contribution in [3.8, 4) is 0 Å². The van der Waals surface area contributed by atoms with Gasteiger partial charge in [0.15, 0.2) is 6.29 Å². The number of aromatic nitrogens is 1. The Morgan fingerprint density at radius 2 is 1.74 bits per heavy atom. The van der Waals surface area contributed by atoms with E-state index in [0.29, 0.717) is 6.29 Å². The predicted octanol–water partition coefficient (Wildman–Crippen LogP) is 3.15. The summed E-state index contributed by atoms with van der Waals surface area (Å²) in [5.74, 6) is 0. The molecule has 0 N–H and O–H groups in total. The summed E-state index contributed by atoms with van der Waals surface area (Å²) in [5.41, 5.74) is 0.958. The predicted molar refractivity (Wildman–Crippen MR) is 73.6 cm³/mol. The molecule has 0 radical (unpaired) electrons. The number of carbonyl (C=O) groups is 1. The summed E-state index contributed by atoms with van der Waals surface area (Å²) in [6.45, 7) is 1.84. The largest absolute Gasteiger partial charge is 0.298 e. The minimum absolute atomic E-state index is 0.0300. The highest BCUT2D eigenvalue weighted by Gasteiger charge is 2.24. The van der Waals surface area contributed by atoms with Crippen molar-refractivity contribution >= 4 is 39.5 Å². The van der Waals surface area contributed by atoms with Crippen LogP contribution in [0.1, 0.15) is 15.9 Å². The van der Waals surface area contributed by atoms with Gasteiger partial charge in [-0.1, -0.05) is 40.9 Å². The first-order valence-corrected chi connectivity index (χ1v) is 7.41. The fourth-order valence-corrected chi connectivity index (χ4v) is 3.85. The molecule has 0 bridgehead atoms. The number of aryl methyl sites for hydroxylation is 1. The molecule has 0 aliphatic rings. The quantitative estimate of drug-likeness (QED) is 0.817. The molecular formula is C12H9Cl2NO3S. The number of hydrogen-bond donors (Lipinski definition) is 0. The molecule has 1 aromatic heterocycles. The van der Waals surface area contributed by atoms with Crippen molar-refractivity contribution in [2.75, 3.05) is 0 Å². The summed E-state index contributed by atoms with van der Waals surface area (Å²) in [4.78, 5) is 10.8. The molecule has 0 unspecified atom stereocenters. The second-order valence-electron chi connectivity index (χ2n) is 3.91. The molecule has 1 aromatic carbocycles. The van der Waals surface area contributed by atoms with Crippen LogP contribution in [-0.2, 0) is 10.0 Å². The molecular weight excluding hydrogens is 309 g/mol. The van der Waals surface area contributed by atoms with Crippen molar-refractivity contribution in [2.45, 2.75) is 11.8 Å². The monoisotopic (exact) mass is 317 g/mol. The third-order valence-electron chi connectivity index (χ3n) is 2.57. The zero-order valence-electron chi connectivity index (χ0n) is 9.80. The average molecular weight is 318 g/mol. The molecule has 1 heterocycles. The van der Waals surface area contributed by atoms with E-state index in [2.05, 4.69) is 0 Å². The standard InChI is InChI=1S/C12H9Cl2NO3S/c1-8-2-4-10(5-3-8)19(17,18)15-11(13)6-9(7-16)12(15)14/h2-7H,1H3. The lowest BCUT2D eigenvalue weighted by Crippen LogP contribution is -2.13. The summed E-state index contributed by atoms with van der Waals surface area (Å²) < 4.78 is 25.5. The van der Waals surface area contributed by atoms with Gasteiger partial charge < -0.3 is 0 Å². The highest BCUT2D eigenvalue weighted by Crippen LogP contribution is 2.29. The average Bonchev–Trinajstić information content (AvgIpc) is 2.65. The first-order valence-electron chi connectivity index (χ1n) is 5.22. The molecule has 19 heavy (non-hydrogen) atoms. The minimum Gasteiger partial charge on any atom is -0.298 e. The van der Waals surface area contributed by atoms with Crippen molar-refractivity contribution in [3.05, 3.63) is 51.8 Å². The van der Waals surface area contributed by atoms with E-state index in [4.69, 9.17) is 23.2 Å². The van der Waals surface area contributed by atoms with Gasteiger partial charge in [-0.3, -0.25) is 4.79 Å². The summed E-state index contributed by atoms with van der Waals surface area (Å²) in [6.07, 6.45) is 0.454. The molecule has 100 valence electrons. The van der Waals surface area contributed by atoms with E-state index >= 15 is 0 Å². The van der Waals surface area contributed by atoms with Crippen LogP contribution in [-0.4, -0.2) is 18.7 Å². The number of aldehydes is 1. The first-order chi connectivity index (χ1) is 8.87. The van der Waals surface area contributed by atoms with Gasteiger partial charge >= 0.3 is 0 Å². The molecule has 4 nitrogen and oxygen atoms in total. The number of rotatable bonds is 3. The van der Waals surface area contributed by atoms with Crippen LogP contribution >= 0.6 is 23.2 Å². The topological polar surface area (TPSA) is 56.1 Å². The summed E-state index contributed by atoms with van der Waals surface area (Å²) in [6, 6.07) is 7.45. The van der Waals surface area contributed by atoms with Crippen molar-refractivity contribution in [1.29, 1.82) is 0 Å². The van der Waals surface area contributed by atoms with Crippen LogP contribution in [0.5, 0.6) is 0 Å². The van der Waals surface area contributed by atoms with Crippen LogP contribution < -0.4 is 0 Å². The van der Waals surface area contributed by atoms with Gasteiger partial charge in [-0.05, 0) is 25.1 Å². The van der Waals surface area contributed by atoms with Gasteiger partial charge in [-0.25, -0.2) is 12.4 Å². The lowest BCUT2D eigenvalue weighted by molar-refractivity contribution is 0.112. The van der Waals surface area contributed by atoms with E-state index < -0.39 is 10.0 Å². The Balaban J connectivity index is 2.66. The van der Waals surface area contributed by atoms with Crippen LogP contribution in [0, 0.1) is 6.92 Å². The van der Waals surface area contributed by atoms with Crippen molar-refractivity contribution in [1.82, 2.24) is 3.97 Å². The number of benzene rings is 1. The van der Waals surface area contributed by atoms with Gasteiger partial charge in [0.25, 0.3) is 10.0 Å². The molecule has 0 aliphatic carbocycles. The zero-order chi connectivity index (χ0) is 14.2. The maximum absolute atomic E-state index is 12.4. The second kappa shape index (κ2) is 5.00. The molecule has 0 atom stereocenters. The molecule has 0 amide bonds. The van der Waals surface area contributed by atoms with E-state index in [0.717, 1.165) is 9.54 Å². The summed E-state index contributed by atoms with van der Waals surface area (Å²) in [7, 11) is -3.91. The number of halogens is 2. The highest BCUT2D eigenvalue weighted by atomic mass is 35.5. The molecule has 0 fully saturated rings. The van der Waals surface area contributed by atoms with Gasteiger partial charge in [0.2, 0.25) is 0 Å². The van der Waals surface area contributed by atoms with Crippen LogP contribution in [0.15, 0.2) is 35.2 Å². The Morgan fingerprint density at radius 1 is 1.16 bits per heavy atom. The highest BCUT2D eigenvalue weighted by molar-refractivity contribution is 7.90. The van der Waals surface area contributed by atoms with Gasteiger partial charge in [-0.2, -0.15) is 0 Å². The normalized spacial score (nSPS) is 11.5. The summed E-state index contributed by atoms with van der Waals surface area (Å²) in [5, 5.41) is -0.353. The zero-order valence-corrected chi connectivity index (χ0v) is 12.1. The lowest BCUT2D eigenvalue weighted by atomic mass is 10.2. The molecule has 0 saturated carbocycles. The van der Waals surface area contributed by atoms with Crippen LogP contribution in [0.25, 0.3) is 0 Å². The van der Waals surface area contributed by atoms with Crippen LogP contribution in [0.2, 0.25) is 10.3 Å². The minimum atomic E-state index is -3.91. The van der Waals surface area contributed by atoms with Crippen molar-refractivity contribution in [2.24, 2.45) is 0 Å². The fraction of sp³-hybridized carbons (Fsp3) is 0.0833. The van der Waals surface area contributed by atoms with Gasteiger partial charge in [0.05, 0.1) is 10.5 Å². The van der Waals surface area contributed by atoms with Gasteiger partial charge in [0, 0.05) is 0 Å².